The molecule has 4 heteroatoms. The maximum Gasteiger partial charge on any atom is 0.0727 e. The standard InChI is InChI=1S/C16H20ClN3/c1-2-3-13-11-16(20-8-6-18-7-9-20)14-10-12(17)4-5-15(14)19-13/h4-5,10-11,18H,2-3,6-9H2,1H3. The lowest BCUT2D eigenvalue weighted by Gasteiger charge is -2.30. The fraction of sp³-hybridized carbons (Fsp3) is 0.438. The number of benzene rings is 1. The zero-order chi connectivity index (χ0) is 13.9. The van der Waals surface area contributed by atoms with Gasteiger partial charge in [0.1, 0.15) is 0 Å². The van der Waals surface area contributed by atoms with Crippen molar-refractivity contribution in [3.05, 3.63) is 35.0 Å². The van der Waals surface area contributed by atoms with Crippen LogP contribution in [0.3, 0.4) is 0 Å². The molecule has 1 N–H and O–H groups in total. The summed E-state index contributed by atoms with van der Waals surface area (Å²) >= 11 is 6.17. The summed E-state index contributed by atoms with van der Waals surface area (Å²) in [4.78, 5) is 7.20. The van der Waals surface area contributed by atoms with Gasteiger partial charge in [-0.05, 0) is 30.7 Å². The molecule has 3 nitrogen and oxygen atoms in total. The molecule has 0 saturated carbocycles. The molecule has 2 heterocycles. The lowest BCUT2D eigenvalue weighted by Crippen LogP contribution is -2.43. The van der Waals surface area contributed by atoms with Crippen molar-refractivity contribution < 1.29 is 0 Å². The Balaban J connectivity index is 2.12. The van der Waals surface area contributed by atoms with Crippen LogP contribution in [0.1, 0.15) is 19.0 Å². The van der Waals surface area contributed by atoms with E-state index in [1.165, 1.54) is 16.8 Å². The van der Waals surface area contributed by atoms with Crippen LogP contribution in [0.2, 0.25) is 5.02 Å². The normalized spacial score (nSPS) is 15.8. The summed E-state index contributed by atoms with van der Waals surface area (Å²) < 4.78 is 0. The van der Waals surface area contributed by atoms with E-state index in [4.69, 9.17) is 16.6 Å². The van der Waals surface area contributed by atoms with Gasteiger partial charge < -0.3 is 10.2 Å². The summed E-state index contributed by atoms with van der Waals surface area (Å²) in [6.45, 7) is 6.34. The van der Waals surface area contributed by atoms with Crippen molar-refractivity contribution in [2.45, 2.75) is 19.8 Å². The predicted octanol–water partition coefficient (Wildman–Crippen LogP) is 3.25. The molecule has 1 fully saturated rings. The molecular formula is C16H20ClN3. The van der Waals surface area contributed by atoms with Gasteiger partial charge >= 0.3 is 0 Å². The average molecular weight is 290 g/mol. The Hall–Kier alpha value is -1.32. The number of piperazine rings is 1. The van der Waals surface area contributed by atoms with E-state index in [-0.39, 0.29) is 0 Å². The number of aryl methyl sites for hydroxylation is 1. The maximum atomic E-state index is 6.17. The SMILES string of the molecule is CCCc1cc(N2CCNCC2)c2cc(Cl)ccc2n1. The highest BCUT2D eigenvalue weighted by Crippen LogP contribution is 2.29. The molecular weight excluding hydrogens is 270 g/mol. The highest BCUT2D eigenvalue weighted by atomic mass is 35.5. The van der Waals surface area contributed by atoms with Crippen molar-refractivity contribution in [3.63, 3.8) is 0 Å². The first-order valence-electron chi connectivity index (χ1n) is 7.33. The van der Waals surface area contributed by atoms with Crippen LogP contribution in [0.15, 0.2) is 24.3 Å². The van der Waals surface area contributed by atoms with Gasteiger partial charge in [0.05, 0.1) is 5.52 Å². The van der Waals surface area contributed by atoms with Crippen molar-refractivity contribution in [1.82, 2.24) is 10.3 Å². The summed E-state index contributed by atoms with van der Waals surface area (Å²) in [6, 6.07) is 8.24. The van der Waals surface area contributed by atoms with Crippen molar-refractivity contribution >= 4 is 28.2 Å². The highest BCUT2D eigenvalue weighted by molar-refractivity contribution is 6.31. The topological polar surface area (TPSA) is 28.2 Å². The quantitative estimate of drug-likeness (QED) is 0.940. The Kier molecular flexibility index (Phi) is 4.08. The molecule has 1 aromatic heterocycles. The second-order valence-electron chi connectivity index (χ2n) is 5.28. The number of nitrogens with one attached hydrogen (secondary N) is 1. The molecule has 1 saturated heterocycles. The smallest absolute Gasteiger partial charge is 0.0727 e. The van der Waals surface area contributed by atoms with Gasteiger partial charge in [-0.1, -0.05) is 24.9 Å². The van der Waals surface area contributed by atoms with Crippen molar-refractivity contribution in [3.8, 4) is 0 Å². The number of aromatic nitrogens is 1. The van der Waals surface area contributed by atoms with Gasteiger partial charge in [0.15, 0.2) is 0 Å². The minimum atomic E-state index is 0.777. The number of rotatable bonds is 3. The fourth-order valence-electron chi connectivity index (χ4n) is 2.79. The zero-order valence-corrected chi connectivity index (χ0v) is 12.6. The molecule has 0 bridgehead atoms. The second kappa shape index (κ2) is 5.98. The van der Waals surface area contributed by atoms with E-state index in [1.54, 1.807) is 0 Å². The second-order valence-corrected chi connectivity index (χ2v) is 5.72. The Morgan fingerprint density at radius 3 is 2.80 bits per heavy atom. The summed E-state index contributed by atoms with van der Waals surface area (Å²) in [6.07, 6.45) is 2.14. The van der Waals surface area contributed by atoms with E-state index in [1.807, 2.05) is 18.2 Å². The minimum Gasteiger partial charge on any atom is -0.368 e. The largest absolute Gasteiger partial charge is 0.368 e. The first kappa shape index (κ1) is 13.7. The van der Waals surface area contributed by atoms with Crippen LogP contribution < -0.4 is 10.2 Å². The molecule has 1 aliphatic heterocycles. The highest BCUT2D eigenvalue weighted by Gasteiger charge is 2.15. The van der Waals surface area contributed by atoms with Crippen molar-refractivity contribution in [2.75, 3.05) is 31.1 Å². The van der Waals surface area contributed by atoms with Gasteiger partial charge in [-0.2, -0.15) is 0 Å². The van der Waals surface area contributed by atoms with Crippen LogP contribution in [0, 0.1) is 0 Å². The van der Waals surface area contributed by atoms with Gasteiger partial charge in [0.25, 0.3) is 0 Å². The number of halogens is 1. The molecule has 106 valence electrons. The van der Waals surface area contributed by atoms with Crippen LogP contribution in [0.5, 0.6) is 0 Å². The van der Waals surface area contributed by atoms with Gasteiger partial charge in [-0.3, -0.25) is 4.98 Å². The fourth-order valence-corrected chi connectivity index (χ4v) is 2.96. The molecule has 0 radical (unpaired) electrons. The first-order chi connectivity index (χ1) is 9.78. The third kappa shape index (κ3) is 2.74. The third-order valence-electron chi connectivity index (χ3n) is 3.77. The van der Waals surface area contributed by atoms with Gasteiger partial charge in [0.2, 0.25) is 0 Å². The molecule has 3 rings (SSSR count). The number of hydrogen-bond acceptors (Lipinski definition) is 3. The van der Waals surface area contributed by atoms with E-state index >= 15 is 0 Å². The molecule has 0 unspecified atom stereocenters. The molecule has 2 aromatic rings. The van der Waals surface area contributed by atoms with Crippen LogP contribution in [-0.2, 0) is 6.42 Å². The van der Waals surface area contributed by atoms with E-state index < -0.39 is 0 Å². The van der Waals surface area contributed by atoms with Gasteiger partial charge in [-0.15, -0.1) is 0 Å². The lowest BCUT2D eigenvalue weighted by atomic mass is 10.1. The predicted molar refractivity (Wildman–Crippen MR) is 85.8 cm³/mol. The van der Waals surface area contributed by atoms with E-state index in [0.717, 1.165) is 49.6 Å². The average Bonchev–Trinajstić information content (AvgIpc) is 2.48. The number of fused-ring (bicyclic) bond motifs is 1. The maximum absolute atomic E-state index is 6.17. The summed E-state index contributed by atoms with van der Waals surface area (Å²) in [7, 11) is 0. The summed E-state index contributed by atoms with van der Waals surface area (Å²) in [5.41, 5.74) is 3.51. The van der Waals surface area contributed by atoms with Gasteiger partial charge in [-0.25, -0.2) is 0 Å². The molecule has 20 heavy (non-hydrogen) atoms. The van der Waals surface area contributed by atoms with E-state index in [2.05, 4.69) is 23.2 Å². The summed E-state index contributed by atoms with van der Waals surface area (Å²) in [5, 5.41) is 5.34. The lowest BCUT2D eigenvalue weighted by molar-refractivity contribution is 0.590. The van der Waals surface area contributed by atoms with Crippen molar-refractivity contribution in [2.24, 2.45) is 0 Å². The molecule has 0 aliphatic carbocycles. The Labute approximate surface area is 124 Å². The monoisotopic (exact) mass is 289 g/mol. The van der Waals surface area contributed by atoms with Crippen LogP contribution >= 0.6 is 11.6 Å². The first-order valence-corrected chi connectivity index (χ1v) is 7.70. The van der Waals surface area contributed by atoms with E-state index in [0.29, 0.717) is 0 Å². The van der Waals surface area contributed by atoms with Gasteiger partial charge in [0, 0.05) is 48.0 Å². The Morgan fingerprint density at radius 1 is 1.25 bits per heavy atom. The molecule has 0 spiro atoms. The Bertz CT molecular complexity index is 606. The molecule has 0 atom stereocenters. The molecule has 0 amide bonds. The number of pyridine rings is 1. The number of anilines is 1. The Morgan fingerprint density at radius 2 is 2.05 bits per heavy atom. The van der Waals surface area contributed by atoms with Crippen LogP contribution in [0.25, 0.3) is 10.9 Å². The summed E-state index contributed by atoms with van der Waals surface area (Å²) in [5.74, 6) is 0. The number of hydrogen-bond donors (Lipinski definition) is 1. The third-order valence-corrected chi connectivity index (χ3v) is 4.00. The number of nitrogens with zero attached hydrogens (tertiary/aromatic N) is 2. The van der Waals surface area contributed by atoms with Crippen LogP contribution in [-0.4, -0.2) is 31.2 Å². The van der Waals surface area contributed by atoms with Crippen molar-refractivity contribution in [1.29, 1.82) is 0 Å². The minimum absolute atomic E-state index is 0.777. The van der Waals surface area contributed by atoms with E-state index in [9.17, 15) is 0 Å². The zero-order valence-electron chi connectivity index (χ0n) is 11.8. The molecule has 1 aliphatic rings. The van der Waals surface area contributed by atoms with Crippen LogP contribution in [0.4, 0.5) is 5.69 Å². The molecule has 1 aromatic carbocycles.